The average Bonchev–Trinajstić information content (AvgIpc) is 3.08. The van der Waals surface area contributed by atoms with Gasteiger partial charge in [-0.3, -0.25) is 4.79 Å². The summed E-state index contributed by atoms with van der Waals surface area (Å²) < 4.78 is 0. The molecule has 0 aromatic heterocycles. The Balaban J connectivity index is 1.94. The van der Waals surface area contributed by atoms with Gasteiger partial charge in [0.25, 0.3) is 0 Å². The Morgan fingerprint density at radius 3 is 2.52 bits per heavy atom. The molecule has 4 heteroatoms. The summed E-state index contributed by atoms with van der Waals surface area (Å²) in [6.07, 6.45) is 9.59. The van der Waals surface area contributed by atoms with Crippen LogP contribution in [0.1, 0.15) is 63.4 Å². The molecule has 0 spiro atoms. The standard InChI is InChI=1S/C19H29ClN2O/c20-18-12-7-4-9-16(18)15-22(17-10-5-6-11-17)19(23)13-3-1-2-8-14-21/h4,7,9,12,17H,1-3,5-6,8,10-11,13-15,21H2. The Bertz CT molecular complexity index is 486. The minimum absolute atomic E-state index is 0.282. The fourth-order valence-electron chi connectivity index (χ4n) is 3.36. The monoisotopic (exact) mass is 336 g/mol. The van der Waals surface area contributed by atoms with Crippen LogP contribution in [0.2, 0.25) is 5.02 Å². The van der Waals surface area contributed by atoms with E-state index in [1.165, 1.54) is 12.8 Å². The summed E-state index contributed by atoms with van der Waals surface area (Å²) in [6, 6.07) is 8.25. The fraction of sp³-hybridized carbons (Fsp3) is 0.632. The second kappa shape index (κ2) is 9.94. The Hall–Kier alpha value is -1.06. The van der Waals surface area contributed by atoms with E-state index in [0.29, 0.717) is 19.0 Å². The lowest BCUT2D eigenvalue weighted by Crippen LogP contribution is -2.38. The average molecular weight is 337 g/mol. The molecule has 0 saturated heterocycles. The first-order valence-corrected chi connectivity index (χ1v) is 9.33. The van der Waals surface area contributed by atoms with Crippen molar-refractivity contribution >= 4 is 17.5 Å². The number of benzene rings is 1. The summed E-state index contributed by atoms with van der Waals surface area (Å²) in [5.74, 6) is 0.282. The van der Waals surface area contributed by atoms with E-state index >= 15 is 0 Å². The number of rotatable bonds is 9. The van der Waals surface area contributed by atoms with E-state index < -0.39 is 0 Å². The highest BCUT2D eigenvalue weighted by atomic mass is 35.5. The van der Waals surface area contributed by atoms with Gasteiger partial charge in [0.15, 0.2) is 0 Å². The number of nitrogens with two attached hydrogens (primary N) is 1. The van der Waals surface area contributed by atoms with Crippen molar-refractivity contribution in [2.24, 2.45) is 5.73 Å². The normalized spacial score (nSPS) is 15.0. The van der Waals surface area contributed by atoms with Crippen LogP contribution in [0.4, 0.5) is 0 Å². The molecular weight excluding hydrogens is 308 g/mol. The van der Waals surface area contributed by atoms with Crippen molar-refractivity contribution < 1.29 is 4.79 Å². The van der Waals surface area contributed by atoms with E-state index in [-0.39, 0.29) is 5.91 Å². The minimum atomic E-state index is 0.282. The third-order valence-electron chi connectivity index (χ3n) is 4.73. The van der Waals surface area contributed by atoms with Gasteiger partial charge < -0.3 is 10.6 Å². The summed E-state index contributed by atoms with van der Waals surface area (Å²) >= 11 is 6.29. The number of halogens is 1. The van der Waals surface area contributed by atoms with Crippen LogP contribution in [-0.2, 0) is 11.3 Å². The Kier molecular flexibility index (Phi) is 7.90. The maximum Gasteiger partial charge on any atom is 0.223 e. The van der Waals surface area contributed by atoms with Gasteiger partial charge in [0, 0.05) is 24.0 Å². The van der Waals surface area contributed by atoms with Crippen LogP contribution in [0.3, 0.4) is 0 Å². The molecule has 1 aliphatic carbocycles. The van der Waals surface area contributed by atoms with Crippen LogP contribution in [0.15, 0.2) is 24.3 Å². The van der Waals surface area contributed by atoms with Crippen molar-refractivity contribution in [1.82, 2.24) is 4.90 Å². The molecule has 1 aliphatic rings. The highest BCUT2D eigenvalue weighted by Gasteiger charge is 2.26. The second-order valence-electron chi connectivity index (χ2n) is 6.50. The molecule has 1 aromatic rings. The second-order valence-corrected chi connectivity index (χ2v) is 6.91. The molecule has 0 aliphatic heterocycles. The van der Waals surface area contributed by atoms with Crippen LogP contribution >= 0.6 is 11.6 Å². The predicted molar refractivity (Wildman–Crippen MR) is 96.4 cm³/mol. The van der Waals surface area contributed by atoms with E-state index in [4.69, 9.17) is 17.3 Å². The Morgan fingerprint density at radius 2 is 1.83 bits per heavy atom. The van der Waals surface area contributed by atoms with Gasteiger partial charge >= 0.3 is 0 Å². The number of hydrogen-bond donors (Lipinski definition) is 1. The molecule has 1 amide bonds. The van der Waals surface area contributed by atoms with E-state index in [9.17, 15) is 4.79 Å². The minimum Gasteiger partial charge on any atom is -0.335 e. The van der Waals surface area contributed by atoms with Crippen molar-refractivity contribution in [2.45, 2.75) is 70.4 Å². The van der Waals surface area contributed by atoms with E-state index in [0.717, 1.165) is 55.7 Å². The maximum atomic E-state index is 12.7. The van der Waals surface area contributed by atoms with E-state index in [1.54, 1.807) is 0 Å². The third-order valence-corrected chi connectivity index (χ3v) is 5.10. The molecule has 1 fully saturated rings. The van der Waals surface area contributed by atoms with Crippen LogP contribution in [0, 0.1) is 0 Å². The van der Waals surface area contributed by atoms with Gasteiger partial charge in [-0.05, 0) is 43.9 Å². The van der Waals surface area contributed by atoms with Gasteiger partial charge in [-0.15, -0.1) is 0 Å². The zero-order chi connectivity index (χ0) is 16.5. The lowest BCUT2D eigenvalue weighted by Gasteiger charge is -2.29. The molecule has 0 heterocycles. The Morgan fingerprint density at radius 1 is 1.13 bits per heavy atom. The van der Waals surface area contributed by atoms with Gasteiger partial charge in [0.05, 0.1) is 0 Å². The first-order chi connectivity index (χ1) is 11.2. The predicted octanol–water partition coefficient (Wildman–Crippen LogP) is 4.52. The molecular formula is C19H29ClN2O. The summed E-state index contributed by atoms with van der Waals surface area (Å²) in [4.78, 5) is 14.8. The summed E-state index contributed by atoms with van der Waals surface area (Å²) in [5, 5.41) is 0.756. The first-order valence-electron chi connectivity index (χ1n) is 8.95. The van der Waals surface area contributed by atoms with Crippen LogP contribution in [0.5, 0.6) is 0 Å². The number of nitrogens with zero attached hydrogens (tertiary/aromatic N) is 1. The lowest BCUT2D eigenvalue weighted by atomic mass is 10.1. The summed E-state index contributed by atoms with van der Waals surface area (Å²) in [5.41, 5.74) is 6.57. The number of carbonyl (C=O) groups is 1. The summed E-state index contributed by atoms with van der Waals surface area (Å²) in [7, 11) is 0. The number of carbonyl (C=O) groups excluding carboxylic acids is 1. The highest BCUT2D eigenvalue weighted by molar-refractivity contribution is 6.31. The molecule has 2 N–H and O–H groups in total. The van der Waals surface area contributed by atoms with Crippen molar-refractivity contribution in [1.29, 1.82) is 0 Å². The molecule has 0 bridgehead atoms. The van der Waals surface area contributed by atoms with Crippen LogP contribution in [0.25, 0.3) is 0 Å². The molecule has 3 nitrogen and oxygen atoms in total. The van der Waals surface area contributed by atoms with Gasteiger partial charge in [-0.1, -0.05) is 55.5 Å². The number of hydrogen-bond acceptors (Lipinski definition) is 2. The van der Waals surface area contributed by atoms with Gasteiger partial charge in [0.2, 0.25) is 5.91 Å². The van der Waals surface area contributed by atoms with Crippen molar-refractivity contribution in [3.05, 3.63) is 34.9 Å². The number of amides is 1. The summed E-state index contributed by atoms with van der Waals surface area (Å²) in [6.45, 7) is 1.39. The zero-order valence-electron chi connectivity index (χ0n) is 14.0. The van der Waals surface area contributed by atoms with E-state index in [1.807, 2.05) is 24.3 Å². The van der Waals surface area contributed by atoms with Crippen LogP contribution < -0.4 is 5.73 Å². The topological polar surface area (TPSA) is 46.3 Å². The molecule has 2 rings (SSSR count). The third kappa shape index (κ3) is 5.82. The maximum absolute atomic E-state index is 12.7. The fourth-order valence-corrected chi connectivity index (χ4v) is 3.56. The molecule has 0 atom stereocenters. The largest absolute Gasteiger partial charge is 0.335 e. The molecule has 128 valence electrons. The van der Waals surface area contributed by atoms with Crippen LogP contribution in [-0.4, -0.2) is 23.4 Å². The van der Waals surface area contributed by atoms with Crippen molar-refractivity contribution in [3.8, 4) is 0 Å². The molecule has 0 radical (unpaired) electrons. The SMILES string of the molecule is NCCCCCCC(=O)N(Cc1ccccc1Cl)C1CCCC1. The molecule has 0 unspecified atom stereocenters. The van der Waals surface area contributed by atoms with Crippen molar-refractivity contribution in [3.63, 3.8) is 0 Å². The number of unbranched alkanes of at least 4 members (excludes halogenated alkanes) is 3. The quantitative estimate of drug-likeness (QED) is 0.674. The van der Waals surface area contributed by atoms with Gasteiger partial charge in [-0.25, -0.2) is 0 Å². The van der Waals surface area contributed by atoms with Gasteiger partial charge in [0.1, 0.15) is 0 Å². The molecule has 1 saturated carbocycles. The van der Waals surface area contributed by atoms with E-state index in [2.05, 4.69) is 4.90 Å². The Labute approximate surface area is 145 Å². The van der Waals surface area contributed by atoms with Crippen molar-refractivity contribution in [2.75, 3.05) is 6.54 Å². The molecule has 23 heavy (non-hydrogen) atoms. The van der Waals surface area contributed by atoms with Gasteiger partial charge in [-0.2, -0.15) is 0 Å². The zero-order valence-corrected chi connectivity index (χ0v) is 14.7. The lowest BCUT2D eigenvalue weighted by molar-refractivity contribution is -0.134. The first kappa shape index (κ1) is 18.3. The molecule has 1 aromatic carbocycles. The highest BCUT2D eigenvalue weighted by Crippen LogP contribution is 2.27. The smallest absolute Gasteiger partial charge is 0.223 e.